The zero-order valence-electron chi connectivity index (χ0n) is 9.18. The van der Waals surface area contributed by atoms with Gasteiger partial charge in [-0.05, 0) is 32.9 Å². The highest BCUT2D eigenvalue weighted by atomic mass is 31.2. The fourth-order valence-corrected chi connectivity index (χ4v) is 1.46. The number of phosphoric ester groups is 1. The number of hydrogen-bond acceptors (Lipinski definition) is 5. The molecule has 0 aromatic heterocycles. The molecule has 92 valence electrons. The Kier molecular flexibility index (Phi) is 8.23. The van der Waals surface area contributed by atoms with E-state index in [0.717, 1.165) is 26.5 Å². The SMILES string of the molecule is CNCCCCC(O)COP(=O)(O)OC. The van der Waals surface area contributed by atoms with E-state index in [-0.39, 0.29) is 6.61 Å². The molecule has 2 atom stereocenters. The highest BCUT2D eigenvalue weighted by Crippen LogP contribution is 2.41. The predicted molar refractivity (Wildman–Crippen MR) is 56.6 cm³/mol. The van der Waals surface area contributed by atoms with E-state index in [4.69, 9.17) is 4.89 Å². The third-order valence-corrected chi connectivity index (χ3v) is 2.81. The summed E-state index contributed by atoms with van der Waals surface area (Å²) < 4.78 is 19.6. The smallest absolute Gasteiger partial charge is 0.391 e. The molecular weight excluding hydrogens is 221 g/mol. The van der Waals surface area contributed by atoms with Crippen molar-refractivity contribution >= 4 is 7.82 Å². The van der Waals surface area contributed by atoms with Crippen LogP contribution in [0.15, 0.2) is 0 Å². The lowest BCUT2D eigenvalue weighted by Crippen LogP contribution is -2.15. The largest absolute Gasteiger partial charge is 0.471 e. The van der Waals surface area contributed by atoms with Crippen molar-refractivity contribution in [2.45, 2.75) is 25.4 Å². The van der Waals surface area contributed by atoms with Crippen molar-refractivity contribution in [2.24, 2.45) is 0 Å². The van der Waals surface area contributed by atoms with Gasteiger partial charge < -0.3 is 15.3 Å². The summed E-state index contributed by atoms with van der Waals surface area (Å²) in [4.78, 5) is 8.87. The number of rotatable bonds is 9. The number of aliphatic hydroxyl groups is 1. The minimum atomic E-state index is -3.94. The molecule has 0 aliphatic carbocycles. The van der Waals surface area contributed by atoms with Gasteiger partial charge in [0.1, 0.15) is 0 Å². The van der Waals surface area contributed by atoms with Gasteiger partial charge in [-0.3, -0.25) is 9.05 Å². The van der Waals surface area contributed by atoms with Gasteiger partial charge in [-0.15, -0.1) is 0 Å². The van der Waals surface area contributed by atoms with Gasteiger partial charge in [0.15, 0.2) is 0 Å². The Morgan fingerprint density at radius 2 is 2.13 bits per heavy atom. The van der Waals surface area contributed by atoms with Crippen LogP contribution in [0.1, 0.15) is 19.3 Å². The van der Waals surface area contributed by atoms with Crippen LogP contribution in [-0.4, -0.2) is 43.4 Å². The summed E-state index contributed by atoms with van der Waals surface area (Å²) in [7, 11) is -1.000. The van der Waals surface area contributed by atoms with Gasteiger partial charge in [-0.1, -0.05) is 0 Å². The quantitative estimate of drug-likeness (QED) is 0.402. The predicted octanol–water partition coefficient (Wildman–Crippen LogP) is 0.500. The molecule has 0 fully saturated rings. The molecule has 0 amide bonds. The van der Waals surface area contributed by atoms with Crippen LogP contribution < -0.4 is 5.32 Å². The maximum Gasteiger partial charge on any atom is 0.471 e. The molecule has 3 N–H and O–H groups in total. The van der Waals surface area contributed by atoms with E-state index in [1.807, 2.05) is 7.05 Å². The van der Waals surface area contributed by atoms with E-state index in [9.17, 15) is 9.67 Å². The highest BCUT2D eigenvalue weighted by molar-refractivity contribution is 7.47. The normalized spacial score (nSPS) is 17.3. The van der Waals surface area contributed by atoms with Crippen molar-refractivity contribution in [2.75, 3.05) is 27.3 Å². The van der Waals surface area contributed by atoms with Crippen LogP contribution >= 0.6 is 7.82 Å². The molecule has 2 unspecified atom stereocenters. The monoisotopic (exact) mass is 241 g/mol. The zero-order valence-corrected chi connectivity index (χ0v) is 10.1. The van der Waals surface area contributed by atoms with Gasteiger partial charge in [0.05, 0.1) is 12.7 Å². The molecule has 0 rings (SSSR count). The van der Waals surface area contributed by atoms with Crippen molar-refractivity contribution < 1.29 is 23.6 Å². The average molecular weight is 241 g/mol. The van der Waals surface area contributed by atoms with E-state index >= 15 is 0 Å². The molecule has 0 saturated carbocycles. The third kappa shape index (κ3) is 8.99. The van der Waals surface area contributed by atoms with Crippen LogP contribution in [0.25, 0.3) is 0 Å². The van der Waals surface area contributed by atoms with E-state index in [1.54, 1.807) is 0 Å². The molecule has 0 bridgehead atoms. The first-order chi connectivity index (χ1) is 7.02. The summed E-state index contributed by atoms with van der Waals surface area (Å²) in [5.41, 5.74) is 0. The Labute approximate surface area is 90.2 Å². The maximum atomic E-state index is 10.9. The van der Waals surface area contributed by atoms with Crippen molar-refractivity contribution in [1.82, 2.24) is 5.32 Å². The first kappa shape index (κ1) is 15.0. The Morgan fingerprint density at radius 3 is 2.67 bits per heavy atom. The van der Waals surface area contributed by atoms with Crippen LogP contribution in [0.4, 0.5) is 0 Å². The summed E-state index contributed by atoms with van der Waals surface area (Å²) >= 11 is 0. The molecule has 7 heteroatoms. The first-order valence-electron chi connectivity index (χ1n) is 4.87. The second-order valence-corrected chi connectivity index (χ2v) is 4.76. The number of phosphoric acid groups is 1. The van der Waals surface area contributed by atoms with E-state index in [0.29, 0.717) is 6.42 Å². The van der Waals surface area contributed by atoms with Gasteiger partial charge in [-0.25, -0.2) is 4.57 Å². The van der Waals surface area contributed by atoms with Crippen molar-refractivity contribution in [3.63, 3.8) is 0 Å². The van der Waals surface area contributed by atoms with Gasteiger partial charge in [0.25, 0.3) is 0 Å². The Morgan fingerprint density at radius 1 is 1.47 bits per heavy atom. The van der Waals surface area contributed by atoms with Gasteiger partial charge in [-0.2, -0.15) is 0 Å². The topological polar surface area (TPSA) is 88.0 Å². The lowest BCUT2D eigenvalue weighted by atomic mass is 10.1. The molecule has 0 spiro atoms. The van der Waals surface area contributed by atoms with Crippen LogP contribution in [0.3, 0.4) is 0 Å². The maximum absolute atomic E-state index is 10.9. The van der Waals surface area contributed by atoms with Crippen LogP contribution in [0.2, 0.25) is 0 Å². The molecule has 0 aromatic rings. The van der Waals surface area contributed by atoms with Gasteiger partial charge in [0, 0.05) is 7.11 Å². The lowest BCUT2D eigenvalue weighted by molar-refractivity contribution is 0.0726. The number of hydrogen-bond donors (Lipinski definition) is 3. The molecule has 0 aliphatic rings. The second-order valence-electron chi connectivity index (χ2n) is 3.20. The van der Waals surface area contributed by atoms with E-state index < -0.39 is 13.9 Å². The third-order valence-electron chi connectivity index (χ3n) is 1.87. The van der Waals surface area contributed by atoms with Crippen molar-refractivity contribution in [3.8, 4) is 0 Å². The molecular formula is C8H20NO5P. The molecule has 0 aliphatic heterocycles. The Hall–Kier alpha value is 0.0300. The first-order valence-corrected chi connectivity index (χ1v) is 6.37. The summed E-state index contributed by atoms with van der Waals surface area (Å²) in [5, 5.41) is 12.4. The second kappa shape index (κ2) is 8.21. The Bertz CT molecular complexity index is 201. The minimum absolute atomic E-state index is 0.179. The summed E-state index contributed by atoms with van der Waals surface area (Å²) in [6.45, 7) is 0.714. The molecule has 0 saturated heterocycles. The lowest BCUT2D eigenvalue weighted by Gasteiger charge is -2.13. The number of aliphatic hydroxyl groups excluding tert-OH is 1. The van der Waals surface area contributed by atoms with E-state index in [2.05, 4.69) is 14.4 Å². The molecule has 0 heterocycles. The van der Waals surface area contributed by atoms with Gasteiger partial charge in [0.2, 0.25) is 0 Å². The number of unbranched alkanes of at least 4 members (excludes halogenated alkanes) is 1. The van der Waals surface area contributed by atoms with Crippen LogP contribution in [0, 0.1) is 0 Å². The van der Waals surface area contributed by atoms with E-state index in [1.165, 1.54) is 0 Å². The fourth-order valence-electron chi connectivity index (χ4n) is 0.998. The molecule has 6 nitrogen and oxygen atoms in total. The molecule has 0 radical (unpaired) electrons. The Balaban J connectivity index is 3.49. The highest BCUT2D eigenvalue weighted by Gasteiger charge is 2.19. The summed E-state index contributed by atoms with van der Waals surface area (Å²) in [6.07, 6.45) is 1.62. The summed E-state index contributed by atoms with van der Waals surface area (Å²) in [5.74, 6) is 0. The average Bonchev–Trinajstić information content (AvgIpc) is 2.22. The number of nitrogens with one attached hydrogen (secondary N) is 1. The summed E-state index contributed by atoms with van der Waals surface area (Å²) in [6, 6.07) is 0. The fraction of sp³-hybridized carbons (Fsp3) is 1.00. The standard InChI is InChI=1S/C8H20NO5P/c1-9-6-4-3-5-8(10)7-14-15(11,12)13-2/h8-10H,3-7H2,1-2H3,(H,11,12). The minimum Gasteiger partial charge on any atom is -0.391 e. The van der Waals surface area contributed by atoms with Crippen molar-refractivity contribution in [3.05, 3.63) is 0 Å². The zero-order chi connectivity index (χ0) is 11.7. The van der Waals surface area contributed by atoms with Crippen LogP contribution in [0.5, 0.6) is 0 Å². The molecule has 15 heavy (non-hydrogen) atoms. The van der Waals surface area contributed by atoms with Crippen LogP contribution in [-0.2, 0) is 13.6 Å². The van der Waals surface area contributed by atoms with Gasteiger partial charge >= 0.3 is 7.82 Å². The molecule has 0 aromatic carbocycles. The van der Waals surface area contributed by atoms with Crippen molar-refractivity contribution in [1.29, 1.82) is 0 Å².